The third-order valence-electron chi connectivity index (χ3n) is 4.23. The fourth-order valence-corrected chi connectivity index (χ4v) is 4.36. The van der Waals surface area contributed by atoms with Crippen molar-refractivity contribution < 1.29 is 17.9 Å². The van der Waals surface area contributed by atoms with E-state index in [2.05, 4.69) is 0 Å². The maximum absolute atomic E-state index is 13.4. The van der Waals surface area contributed by atoms with E-state index in [1.807, 2.05) is 0 Å². The summed E-state index contributed by atoms with van der Waals surface area (Å²) in [5.74, 6) is 0.971. The average Bonchev–Trinajstić information content (AvgIpc) is 2.73. The molecule has 3 rings (SSSR count). The number of methoxy groups -OCH3 is 2. The SMILES string of the molecule is COc1ccc(N(Cc2ccc(Cl)cc2)S(=O)(=O)c2ccccc2)cc1OC. The summed E-state index contributed by atoms with van der Waals surface area (Å²) in [7, 11) is -0.761. The van der Waals surface area contributed by atoms with E-state index < -0.39 is 10.0 Å². The molecular weight excluding hydrogens is 398 g/mol. The summed E-state index contributed by atoms with van der Waals surface area (Å²) in [6, 6.07) is 20.4. The van der Waals surface area contributed by atoms with Crippen molar-refractivity contribution in [2.75, 3.05) is 18.5 Å². The van der Waals surface area contributed by atoms with Gasteiger partial charge in [0.2, 0.25) is 0 Å². The van der Waals surface area contributed by atoms with E-state index in [0.29, 0.717) is 22.2 Å². The highest BCUT2D eigenvalue weighted by molar-refractivity contribution is 7.92. The lowest BCUT2D eigenvalue weighted by atomic mass is 10.2. The van der Waals surface area contributed by atoms with Crippen LogP contribution in [0.3, 0.4) is 0 Å². The molecule has 0 saturated carbocycles. The van der Waals surface area contributed by atoms with Crippen molar-refractivity contribution in [3.63, 3.8) is 0 Å². The highest BCUT2D eigenvalue weighted by atomic mass is 35.5. The van der Waals surface area contributed by atoms with E-state index in [1.165, 1.54) is 18.5 Å². The van der Waals surface area contributed by atoms with Crippen molar-refractivity contribution in [1.82, 2.24) is 0 Å². The van der Waals surface area contributed by atoms with Gasteiger partial charge in [0, 0.05) is 11.1 Å². The van der Waals surface area contributed by atoms with Gasteiger partial charge in [-0.05, 0) is 42.0 Å². The molecule has 0 aliphatic heterocycles. The third-order valence-corrected chi connectivity index (χ3v) is 6.27. The van der Waals surface area contributed by atoms with Gasteiger partial charge < -0.3 is 9.47 Å². The number of ether oxygens (including phenoxy) is 2. The first-order chi connectivity index (χ1) is 13.5. The fraction of sp³-hybridized carbons (Fsp3) is 0.143. The molecule has 0 unspecified atom stereocenters. The molecule has 146 valence electrons. The van der Waals surface area contributed by atoms with Crippen LogP contribution in [0.25, 0.3) is 0 Å². The van der Waals surface area contributed by atoms with Gasteiger partial charge in [-0.1, -0.05) is 41.9 Å². The van der Waals surface area contributed by atoms with Crippen LogP contribution in [-0.4, -0.2) is 22.6 Å². The Bertz CT molecular complexity index is 1040. The van der Waals surface area contributed by atoms with Crippen LogP contribution in [0.5, 0.6) is 11.5 Å². The zero-order valence-corrected chi connectivity index (χ0v) is 17.1. The Morgan fingerprint density at radius 3 is 2.11 bits per heavy atom. The first-order valence-electron chi connectivity index (χ1n) is 8.50. The monoisotopic (exact) mass is 417 g/mol. The first-order valence-corrected chi connectivity index (χ1v) is 10.3. The van der Waals surface area contributed by atoms with Gasteiger partial charge in [-0.25, -0.2) is 8.42 Å². The molecule has 0 bridgehead atoms. The van der Waals surface area contributed by atoms with Crippen molar-refractivity contribution >= 4 is 27.3 Å². The van der Waals surface area contributed by atoms with Crippen LogP contribution >= 0.6 is 11.6 Å². The molecule has 0 atom stereocenters. The number of halogens is 1. The van der Waals surface area contributed by atoms with Crippen molar-refractivity contribution in [3.8, 4) is 11.5 Å². The number of nitrogens with zero attached hydrogens (tertiary/aromatic N) is 1. The van der Waals surface area contributed by atoms with Crippen molar-refractivity contribution in [3.05, 3.63) is 83.4 Å². The van der Waals surface area contributed by atoms with Crippen LogP contribution in [0.15, 0.2) is 77.7 Å². The molecule has 7 heteroatoms. The Hall–Kier alpha value is -2.70. The largest absolute Gasteiger partial charge is 0.493 e. The molecule has 0 aliphatic carbocycles. The number of rotatable bonds is 7. The zero-order valence-electron chi connectivity index (χ0n) is 15.5. The van der Waals surface area contributed by atoms with Gasteiger partial charge >= 0.3 is 0 Å². The molecular formula is C21H20ClNO4S. The summed E-state index contributed by atoms with van der Waals surface area (Å²) in [4.78, 5) is 0.207. The van der Waals surface area contributed by atoms with Crippen molar-refractivity contribution in [2.24, 2.45) is 0 Å². The molecule has 0 amide bonds. The average molecular weight is 418 g/mol. The van der Waals surface area contributed by atoms with Crippen LogP contribution in [0.1, 0.15) is 5.56 Å². The van der Waals surface area contributed by atoms with Crippen molar-refractivity contribution in [1.29, 1.82) is 0 Å². The lowest BCUT2D eigenvalue weighted by Crippen LogP contribution is -2.30. The Morgan fingerprint density at radius 2 is 1.50 bits per heavy atom. The second-order valence-electron chi connectivity index (χ2n) is 5.99. The Balaban J connectivity index is 2.10. The standard InChI is InChI=1S/C21H20ClNO4S/c1-26-20-13-12-18(14-21(20)27-2)23(15-16-8-10-17(22)11-9-16)28(24,25)19-6-4-3-5-7-19/h3-14H,15H2,1-2H3. The normalized spacial score (nSPS) is 11.1. The number of anilines is 1. The molecule has 0 aliphatic rings. The molecule has 0 heterocycles. The molecule has 3 aromatic carbocycles. The zero-order chi connectivity index (χ0) is 20.1. The van der Waals surface area contributed by atoms with Gasteiger partial charge in [0.25, 0.3) is 10.0 Å². The van der Waals surface area contributed by atoms with Crippen LogP contribution in [0, 0.1) is 0 Å². The molecule has 0 radical (unpaired) electrons. The highest BCUT2D eigenvalue weighted by Crippen LogP contribution is 2.34. The minimum absolute atomic E-state index is 0.143. The van der Waals surface area contributed by atoms with Crippen LogP contribution in [0.4, 0.5) is 5.69 Å². The second-order valence-corrected chi connectivity index (χ2v) is 8.29. The molecule has 3 aromatic rings. The van der Waals surface area contributed by atoms with Gasteiger partial charge in [0.1, 0.15) is 0 Å². The van der Waals surface area contributed by atoms with Crippen molar-refractivity contribution in [2.45, 2.75) is 11.4 Å². The highest BCUT2D eigenvalue weighted by Gasteiger charge is 2.26. The predicted octanol–water partition coefficient (Wildman–Crippen LogP) is 4.75. The molecule has 0 fully saturated rings. The Labute approximate surface area is 170 Å². The first kappa shape index (κ1) is 20.0. The molecule has 5 nitrogen and oxygen atoms in total. The summed E-state index contributed by atoms with van der Waals surface area (Å²) in [6.45, 7) is 0.143. The number of benzene rings is 3. The molecule has 0 saturated heterocycles. The minimum Gasteiger partial charge on any atom is -0.493 e. The number of hydrogen-bond donors (Lipinski definition) is 0. The summed E-state index contributed by atoms with van der Waals surface area (Å²) < 4.78 is 38.7. The Kier molecular flexibility index (Phi) is 6.11. The second kappa shape index (κ2) is 8.54. The fourth-order valence-electron chi connectivity index (χ4n) is 2.77. The van der Waals surface area contributed by atoms with E-state index >= 15 is 0 Å². The van der Waals surface area contributed by atoms with Gasteiger partial charge in [-0.3, -0.25) is 4.31 Å². The maximum atomic E-state index is 13.4. The van der Waals surface area contributed by atoms with E-state index in [-0.39, 0.29) is 11.4 Å². The Morgan fingerprint density at radius 1 is 0.857 bits per heavy atom. The predicted molar refractivity (Wildman–Crippen MR) is 111 cm³/mol. The van der Waals surface area contributed by atoms with E-state index in [4.69, 9.17) is 21.1 Å². The van der Waals surface area contributed by atoms with Gasteiger partial charge in [0.05, 0.1) is 31.3 Å². The van der Waals surface area contributed by atoms with Gasteiger partial charge in [-0.2, -0.15) is 0 Å². The molecule has 0 N–H and O–H groups in total. The summed E-state index contributed by atoms with van der Waals surface area (Å²) in [5.41, 5.74) is 1.27. The van der Waals surface area contributed by atoms with E-state index in [0.717, 1.165) is 5.56 Å². The van der Waals surface area contributed by atoms with E-state index in [1.54, 1.807) is 72.8 Å². The molecule has 0 spiro atoms. The summed E-state index contributed by atoms with van der Waals surface area (Å²) in [5, 5.41) is 0.590. The van der Waals surface area contributed by atoms with Gasteiger partial charge in [0.15, 0.2) is 11.5 Å². The minimum atomic E-state index is -3.80. The van der Waals surface area contributed by atoms with Crippen LogP contribution in [0.2, 0.25) is 5.02 Å². The number of sulfonamides is 1. The van der Waals surface area contributed by atoms with Gasteiger partial charge in [-0.15, -0.1) is 0 Å². The number of hydrogen-bond acceptors (Lipinski definition) is 4. The summed E-state index contributed by atoms with van der Waals surface area (Å²) in [6.07, 6.45) is 0. The van der Waals surface area contributed by atoms with Crippen LogP contribution < -0.4 is 13.8 Å². The molecule has 0 aromatic heterocycles. The lowest BCUT2D eigenvalue weighted by Gasteiger charge is -2.25. The smallest absolute Gasteiger partial charge is 0.264 e. The maximum Gasteiger partial charge on any atom is 0.264 e. The molecule has 28 heavy (non-hydrogen) atoms. The third kappa shape index (κ3) is 4.24. The summed E-state index contributed by atoms with van der Waals surface area (Å²) >= 11 is 5.96. The van der Waals surface area contributed by atoms with Crippen LogP contribution in [-0.2, 0) is 16.6 Å². The topological polar surface area (TPSA) is 55.8 Å². The van der Waals surface area contributed by atoms with E-state index in [9.17, 15) is 8.42 Å². The quantitative estimate of drug-likeness (QED) is 0.556. The lowest BCUT2D eigenvalue weighted by molar-refractivity contribution is 0.355.